The first-order chi connectivity index (χ1) is 10.6. The number of hydrogen-bond acceptors (Lipinski definition) is 2. The fraction of sp³-hybridized carbons (Fsp3) is 0.412. The number of carbonyl (C=O) groups is 1. The van der Waals surface area contributed by atoms with Gasteiger partial charge in [0.25, 0.3) is 0 Å². The lowest BCUT2D eigenvalue weighted by molar-refractivity contribution is -0.133. The van der Waals surface area contributed by atoms with Crippen molar-refractivity contribution < 1.29 is 9.18 Å². The van der Waals surface area contributed by atoms with Gasteiger partial charge in [-0.15, -0.1) is 0 Å². The van der Waals surface area contributed by atoms with Crippen molar-refractivity contribution >= 4 is 5.91 Å². The Bertz CT molecular complexity index is 642. The number of amides is 1. The van der Waals surface area contributed by atoms with Gasteiger partial charge in [-0.05, 0) is 49.1 Å². The number of benzene rings is 1. The van der Waals surface area contributed by atoms with Gasteiger partial charge < -0.3 is 4.90 Å². The minimum Gasteiger partial charge on any atom is -0.341 e. The van der Waals surface area contributed by atoms with Gasteiger partial charge >= 0.3 is 0 Å². The molecule has 0 aliphatic carbocycles. The second-order valence-electron chi connectivity index (χ2n) is 5.97. The third-order valence-corrected chi connectivity index (χ3v) is 4.21. The highest BCUT2D eigenvalue weighted by Crippen LogP contribution is 2.18. The van der Waals surface area contributed by atoms with Crippen LogP contribution < -0.4 is 0 Å². The molecule has 0 N–H and O–H groups in total. The third-order valence-electron chi connectivity index (χ3n) is 4.21. The quantitative estimate of drug-likeness (QED) is 0.874. The molecule has 1 aliphatic heterocycles. The summed E-state index contributed by atoms with van der Waals surface area (Å²) in [5, 5.41) is 4.41. The SMILES string of the molecule is CC1CCN(C(=O)Cn2ccc(-c3ccc(F)cc3)n2)CC1. The van der Waals surface area contributed by atoms with Gasteiger partial charge in [-0.25, -0.2) is 4.39 Å². The molecule has 0 saturated carbocycles. The van der Waals surface area contributed by atoms with Crippen LogP contribution in [0, 0.1) is 11.7 Å². The van der Waals surface area contributed by atoms with E-state index in [4.69, 9.17) is 0 Å². The Morgan fingerprint density at radius 1 is 1.23 bits per heavy atom. The van der Waals surface area contributed by atoms with Gasteiger partial charge in [-0.3, -0.25) is 9.48 Å². The first kappa shape index (κ1) is 14.8. The van der Waals surface area contributed by atoms with Crippen molar-refractivity contribution in [2.45, 2.75) is 26.3 Å². The number of carbonyl (C=O) groups excluding carboxylic acids is 1. The molecular formula is C17H20FN3O. The van der Waals surface area contributed by atoms with Crippen LogP contribution in [-0.2, 0) is 11.3 Å². The van der Waals surface area contributed by atoms with E-state index in [2.05, 4.69) is 12.0 Å². The molecule has 1 aromatic carbocycles. The standard InChI is InChI=1S/C17H20FN3O/c1-13-6-9-20(10-7-13)17(22)12-21-11-8-16(19-21)14-2-4-15(18)5-3-14/h2-5,8,11,13H,6-7,9-10,12H2,1H3. The Kier molecular flexibility index (Phi) is 4.22. The van der Waals surface area contributed by atoms with Gasteiger partial charge in [0.05, 0.1) is 5.69 Å². The van der Waals surface area contributed by atoms with E-state index >= 15 is 0 Å². The minimum atomic E-state index is -0.266. The van der Waals surface area contributed by atoms with Gasteiger partial charge in [0.1, 0.15) is 12.4 Å². The van der Waals surface area contributed by atoms with E-state index in [1.54, 1.807) is 23.0 Å². The number of piperidine rings is 1. The molecule has 0 unspecified atom stereocenters. The van der Waals surface area contributed by atoms with Crippen LogP contribution >= 0.6 is 0 Å². The minimum absolute atomic E-state index is 0.112. The second kappa shape index (κ2) is 6.30. The summed E-state index contributed by atoms with van der Waals surface area (Å²) in [5.41, 5.74) is 1.60. The van der Waals surface area contributed by atoms with Crippen LogP contribution in [0.5, 0.6) is 0 Å². The highest BCUT2D eigenvalue weighted by molar-refractivity contribution is 5.76. The van der Waals surface area contributed by atoms with E-state index in [0.717, 1.165) is 37.2 Å². The van der Waals surface area contributed by atoms with Gasteiger partial charge in [0.15, 0.2) is 0 Å². The topological polar surface area (TPSA) is 38.1 Å². The van der Waals surface area contributed by atoms with Crippen molar-refractivity contribution in [2.75, 3.05) is 13.1 Å². The molecule has 0 atom stereocenters. The van der Waals surface area contributed by atoms with Crippen LogP contribution in [0.2, 0.25) is 0 Å². The Labute approximate surface area is 129 Å². The normalized spacial score (nSPS) is 16.0. The lowest BCUT2D eigenvalue weighted by Gasteiger charge is -2.30. The number of rotatable bonds is 3. The molecule has 5 heteroatoms. The molecule has 0 radical (unpaired) electrons. The average molecular weight is 301 g/mol. The number of likely N-dealkylation sites (tertiary alicyclic amines) is 1. The van der Waals surface area contributed by atoms with Crippen LogP contribution in [-0.4, -0.2) is 33.7 Å². The van der Waals surface area contributed by atoms with Crippen molar-refractivity contribution in [3.05, 3.63) is 42.3 Å². The largest absolute Gasteiger partial charge is 0.341 e. The predicted molar refractivity (Wildman–Crippen MR) is 82.6 cm³/mol. The monoisotopic (exact) mass is 301 g/mol. The summed E-state index contributed by atoms with van der Waals surface area (Å²) >= 11 is 0. The van der Waals surface area contributed by atoms with Gasteiger partial charge in [0, 0.05) is 24.8 Å². The molecule has 0 spiro atoms. The average Bonchev–Trinajstić information content (AvgIpc) is 2.97. The lowest BCUT2D eigenvalue weighted by Crippen LogP contribution is -2.39. The first-order valence-corrected chi connectivity index (χ1v) is 7.69. The summed E-state index contributed by atoms with van der Waals surface area (Å²) in [7, 11) is 0. The van der Waals surface area contributed by atoms with Gasteiger partial charge in [-0.1, -0.05) is 6.92 Å². The molecule has 4 nitrogen and oxygen atoms in total. The van der Waals surface area contributed by atoms with Gasteiger partial charge in [0.2, 0.25) is 5.91 Å². The summed E-state index contributed by atoms with van der Waals surface area (Å²) in [6.07, 6.45) is 3.94. The molecule has 1 fully saturated rings. The zero-order valence-electron chi connectivity index (χ0n) is 12.7. The highest BCUT2D eigenvalue weighted by Gasteiger charge is 2.20. The molecule has 116 valence electrons. The van der Waals surface area contributed by atoms with E-state index in [1.807, 2.05) is 11.0 Å². The zero-order chi connectivity index (χ0) is 15.5. The van der Waals surface area contributed by atoms with E-state index in [1.165, 1.54) is 12.1 Å². The summed E-state index contributed by atoms with van der Waals surface area (Å²) in [6.45, 7) is 4.16. The first-order valence-electron chi connectivity index (χ1n) is 7.69. The van der Waals surface area contributed by atoms with Crippen LogP contribution in [0.3, 0.4) is 0 Å². The van der Waals surface area contributed by atoms with Crippen LogP contribution in [0.15, 0.2) is 36.5 Å². The molecule has 3 rings (SSSR count). The Morgan fingerprint density at radius 3 is 2.59 bits per heavy atom. The Morgan fingerprint density at radius 2 is 1.91 bits per heavy atom. The lowest BCUT2D eigenvalue weighted by atomic mass is 9.99. The van der Waals surface area contributed by atoms with Crippen molar-refractivity contribution in [3.63, 3.8) is 0 Å². The van der Waals surface area contributed by atoms with Crippen molar-refractivity contribution in [1.82, 2.24) is 14.7 Å². The van der Waals surface area contributed by atoms with Crippen molar-refractivity contribution in [1.29, 1.82) is 0 Å². The second-order valence-corrected chi connectivity index (χ2v) is 5.97. The molecule has 0 bridgehead atoms. The summed E-state index contributed by atoms with van der Waals surface area (Å²) in [5.74, 6) is 0.553. The smallest absolute Gasteiger partial charge is 0.244 e. The number of aromatic nitrogens is 2. The number of halogens is 1. The van der Waals surface area contributed by atoms with Crippen molar-refractivity contribution in [2.24, 2.45) is 5.92 Å². The van der Waals surface area contributed by atoms with E-state index in [0.29, 0.717) is 5.92 Å². The van der Waals surface area contributed by atoms with Crippen molar-refractivity contribution in [3.8, 4) is 11.3 Å². The predicted octanol–water partition coefficient (Wildman–Crippen LogP) is 2.95. The summed E-state index contributed by atoms with van der Waals surface area (Å²) < 4.78 is 14.6. The molecular weight excluding hydrogens is 281 g/mol. The van der Waals surface area contributed by atoms with Crippen LogP contribution in [0.1, 0.15) is 19.8 Å². The highest BCUT2D eigenvalue weighted by atomic mass is 19.1. The van der Waals surface area contributed by atoms with E-state index in [9.17, 15) is 9.18 Å². The maximum Gasteiger partial charge on any atom is 0.244 e. The molecule has 1 aromatic heterocycles. The summed E-state index contributed by atoms with van der Waals surface area (Å²) in [6, 6.07) is 8.05. The molecule has 22 heavy (non-hydrogen) atoms. The molecule has 1 aliphatic rings. The van der Waals surface area contributed by atoms with Gasteiger partial charge in [-0.2, -0.15) is 5.10 Å². The third kappa shape index (κ3) is 3.35. The number of hydrogen-bond donors (Lipinski definition) is 0. The fourth-order valence-electron chi connectivity index (χ4n) is 2.72. The van der Waals surface area contributed by atoms with E-state index < -0.39 is 0 Å². The molecule has 2 heterocycles. The molecule has 1 amide bonds. The molecule has 2 aromatic rings. The Hall–Kier alpha value is -2.17. The Balaban J connectivity index is 1.64. The maximum atomic E-state index is 12.9. The zero-order valence-corrected chi connectivity index (χ0v) is 12.7. The molecule has 1 saturated heterocycles. The van der Waals surface area contributed by atoms with Crippen LogP contribution in [0.25, 0.3) is 11.3 Å². The summed E-state index contributed by atoms with van der Waals surface area (Å²) in [4.78, 5) is 14.2. The maximum absolute atomic E-state index is 12.9. The van der Waals surface area contributed by atoms with E-state index in [-0.39, 0.29) is 18.3 Å². The fourth-order valence-corrected chi connectivity index (χ4v) is 2.72. The van der Waals surface area contributed by atoms with Crippen LogP contribution in [0.4, 0.5) is 4.39 Å². The number of nitrogens with zero attached hydrogens (tertiary/aromatic N) is 3.